The van der Waals surface area contributed by atoms with E-state index in [0.717, 1.165) is 16.8 Å². The quantitative estimate of drug-likeness (QED) is 0.774. The van der Waals surface area contributed by atoms with Crippen LogP contribution in [0.5, 0.6) is 0 Å². The van der Waals surface area contributed by atoms with Gasteiger partial charge in [-0.25, -0.2) is 0 Å². The molecule has 3 N–H and O–H groups in total. The van der Waals surface area contributed by atoms with Gasteiger partial charge in [-0.15, -0.1) is 0 Å². The molecule has 0 bridgehead atoms. The third kappa shape index (κ3) is 4.44. The second-order valence-corrected chi connectivity index (χ2v) is 6.08. The highest BCUT2D eigenvalue weighted by Crippen LogP contribution is 2.17. The van der Waals surface area contributed by atoms with E-state index in [1.807, 2.05) is 32.0 Å². The number of hydrogen-bond donors (Lipinski definition) is 2. The summed E-state index contributed by atoms with van der Waals surface area (Å²) in [4.78, 5) is 0.379. The molecule has 17 heavy (non-hydrogen) atoms. The molecule has 3 nitrogen and oxygen atoms in total. The van der Waals surface area contributed by atoms with Crippen molar-refractivity contribution in [2.75, 3.05) is 23.4 Å². The Hall–Kier alpha value is -0.940. The van der Waals surface area contributed by atoms with Gasteiger partial charge in [0.1, 0.15) is 4.99 Å². The summed E-state index contributed by atoms with van der Waals surface area (Å²) in [6.07, 6.45) is 0. The lowest BCUT2D eigenvalue weighted by Crippen LogP contribution is -2.17. The van der Waals surface area contributed by atoms with Gasteiger partial charge in [-0.1, -0.05) is 25.2 Å². The van der Waals surface area contributed by atoms with Crippen LogP contribution in [0.2, 0.25) is 0 Å². The van der Waals surface area contributed by atoms with Crippen molar-refractivity contribution >= 4 is 33.7 Å². The van der Waals surface area contributed by atoms with Crippen molar-refractivity contribution in [2.24, 2.45) is 5.73 Å². The summed E-state index contributed by atoms with van der Waals surface area (Å²) in [7, 11) is -0.750. The van der Waals surface area contributed by atoms with Gasteiger partial charge < -0.3 is 11.1 Å². The number of benzene rings is 1. The Bertz CT molecular complexity index is 433. The summed E-state index contributed by atoms with van der Waals surface area (Å²) in [6, 6.07) is 5.89. The molecule has 0 radical (unpaired) electrons. The van der Waals surface area contributed by atoms with Crippen molar-refractivity contribution in [2.45, 2.75) is 13.8 Å². The Morgan fingerprint density at radius 3 is 2.82 bits per heavy atom. The van der Waals surface area contributed by atoms with E-state index in [9.17, 15) is 4.21 Å². The molecule has 0 saturated carbocycles. The minimum absolute atomic E-state index is 0.379. The molecule has 1 unspecified atom stereocenters. The maximum Gasteiger partial charge on any atom is 0.106 e. The fraction of sp³-hybridized carbons (Fsp3) is 0.417. The zero-order valence-electron chi connectivity index (χ0n) is 10.2. The molecule has 1 aromatic carbocycles. The number of hydrogen-bond acceptors (Lipinski definition) is 3. The first-order valence-electron chi connectivity index (χ1n) is 5.54. The van der Waals surface area contributed by atoms with Crippen molar-refractivity contribution in [3.8, 4) is 0 Å². The summed E-state index contributed by atoms with van der Waals surface area (Å²) in [6.45, 7) is 4.60. The normalized spacial score (nSPS) is 12.1. The summed E-state index contributed by atoms with van der Waals surface area (Å²) in [5, 5.41) is 3.24. The molecule has 1 atom stereocenters. The Morgan fingerprint density at radius 1 is 1.53 bits per heavy atom. The lowest BCUT2D eigenvalue weighted by molar-refractivity contribution is 0.684. The maximum atomic E-state index is 11.3. The highest BCUT2D eigenvalue weighted by molar-refractivity contribution is 7.84. The smallest absolute Gasteiger partial charge is 0.106 e. The second-order valence-electron chi connectivity index (χ2n) is 3.77. The second kappa shape index (κ2) is 6.71. The average Bonchev–Trinajstić information content (AvgIpc) is 2.28. The van der Waals surface area contributed by atoms with Gasteiger partial charge in [0, 0.05) is 40.1 Å². The number of nitrogens with one attached hydrogen (secondary N) is 1. The van der Waals surface area contributed by atoms with Crippen molar-refractivity contribution in [3.05, 3.63) is 29.3 Å². The highest BCUT2D eigenvalue weighted by Gasteiger charge is 2.05. The van der Waals surface area contributed by atoms with Gasteiger partial charge >= 0.3 is 0 Å². The minimum atomic E-state index is -0.750. The Morgan fingerprint density at radius 2 is 2.24 bits per heavy atom. The first kappa shape index (κ1) is 14.1. The summed E-state index contributed by atoms with van der Waals surface area (Å²) in [5.41, 5.74) is 8.56. The van der Waals surface area contributed by atoms with Gasteiger partial charge in [-0.2, -0.15) is 0 Å². The Labute approximate surface area is 110 Å². The van der Waals surface area contributed by atoms with Gasteiger partial charge in [0.15, 0.2) is 0 Å². The Balaban J connectivity index is 2.72. The molecule has 0 spiro atoms. The molecular weight excluding hydrogens is 252 g/mol. The largest absolute Gasteiger partial charge is 0.389 e. The van der Waals surface area contributed by atoms with E-state index in [-0.39, 0.29) is 0 Å². The number of anilines is 1. The zero-order chi connectivity index (χ0) is 12.8. The van der Waals surface area contributed by atoms with Crippen LogP contribution in [-0.2, 0) is 10.8 Å². The molecule has 0 aliphatic carbocycles. The van der Waals surface area contributed by atoms with Crippen molar-refractivity contribution in [1.29, 1.82) is 0 Å². The monoisotopic (exact) mass is 270 g/mol. The number of aryl methyl sites for hydroxylation is 1. The van der Waals surface area contributed by atoms with Crippen LogP contribution in [0.1, 0.15) is 18.1 Å². The van der Waals surface area contributed by atoms with Crippen LogP contribution in [0, 0.1) is 6.92 Å². The van der Waals surface area contributed by atoms with E-state index >= 15 is 0 Å². The third-order valence-corrected chi connectivity index (χ3v) is 3.93. The number of nitrogens with two attached hydrogens (primary N) is 1. The summed E-state index contributed by atoms with van der Waals surface area (Å²) < 4.78 is 11.3. The van der Waals surface area contributed by atoms with Crippen LogP contribution in [0.4, 0.5) is 5.69 Å². The zero-order valence-corrected chi connectivity index (χ0v) is 11.8. The lowest BCUT2D eigenvalue weighted by atomic mass is 10.1. The molecule has 0 amide bonds. The molecule has 1 aromatic rings. The van der Waals surface area contributed by atoms with Crippen LogP contribution >= 0.6 is 12.2 Å². The number of thiocarbonyl (C=S) groups is 1. The highest BCUT2D eigenvalue weighted by atomic mass is 32.2. The fourth-order valence-electron chi connectivity index (χ4n) is 1.46. The molecule has 0 aliphatic rings. The standard InChI is InChI=1S/C12H18N2OS2/c1-3-17(15)7-6-14-11-8-9(2)4-5-10(11)12(13)16/h4-5,8,14H,3,6-7H2,1-2H3,(H2,13,16). The predicted octanol–water partition coefficient (Wildman–Crippen LogP) is 1.81. The molecule has 1 rings (SSSR count). The van der Waals surface area contributed by atoms with Crippen molar-refractivity contribution < 1.29 is 4.21 Å². The SMILES string of the molecule is CCS(=O)CCNc1cc(C)ccc1C(N)=S. The molecule has 0 saturated heterocycles. The number of rotatable bonds is 6. The average molecular weight is 270 g/mol. The molecule has 0 aromatic heterocycles. The van der Waals surface area contributed by atoms with Gasteiger partial charge in [-0.05, 0) is 24.6 Å². The van der Waals surface area contributed by atoms with Crippen LogP contribution < -0.4 is 11.1 Å². The van der Waals surface area contributed by atoms with Crippen LogP contribution in [0.25, 0.3) is 0 Å². The van der Waals surface area contributed by atoms with Crippen LogP contribution in [0.15, 0.2) is 18.2 Å². The van der Waals surface area contributed by atoms with Gasteiger partial charge in [0.05, 0.1) is 0 Å². The van der Waals surface area contributed by atoms with E-state index in [4.69, 9.17) is 18.0 Å². The molecule has 94 valence electrons. The van der Waals surface area contributed by atoms with E-state index in [1.165, 1.54) is 0 Å². The van der Waals surface area contributed by atoms with Gasteiger partial charge in [-0.3, -0.25) is 4.21 Å². The minimum Gasteiger partial charge on any atom is -0.389 e. The third-order valence-electron chi connectivity index (χ3n) is 2.41. The van der Waals surface area contributed by atoms with Crippen molar-refractivity contribution in [3.63, 3.8) is 0 Å². The summed E-state index contributed by atoms with van der Waals surface area (Å²) >= 11 is 5.00. The lowest BCUT2D eigenvalue weighted by Gasteiger charge is -2.11. The van der Waals surface area contributed by atoms with E-state index in [1.54, 1.807) is 0 Å². The maximum absolute atomic E-state index is 11.3. The molecule has 5 heteroatoms. The molecule has 0 heterocycles. The van der Waals surface area contributed by atoms with Crippen molar-refractivity contribution in [1.82, 2.24) is 0 Å². The first-order valence-corrected chi connectivity index (χ1v) is 7.43. The van der Waals surface area contributed by atoms with E-state index < -0.39 is 10.8 Å². The molecular formula is C12H18N2OS2. The fourth-order valence-corrected chi connectivity index (χ4v) is 2.26. The topological polar surface area (TPSA) is 55.1 Å². The molecule has 0 fully saturated rings. The molecule has 0 aliphatic heterocycles. The Kier molecular flexibility index (Phi) is 5.58. The first-order chi connectivity index (χ1) is 8.04. The van der Waals surface area contributed by atoms with Gasteiger partial charge in [0.25, 0.3) is 0 Å². The van der Waals surface area contributed by atoms with Crippen LogP contribution in [-0.4, -0.2) is 27.2 Å². The van der Waals surface area contributed by atoms with Gasteiger partial charge in [0.2, 0.25) is 0 Å². The van der Waals surface area contributed by atoms with E-state index in [2.05, 4.69) is 5.32 Å². The summed E-state index contributed by atoms with van der Waals surface area (Å²) in [5.74, 6) is 1.33. The van der Waals surface area contributed by atoms with Crippen LogP contribution in [0.3, 0.4) is 0 Å². The van der Waals surface area contributed by atoms with E-state index in [0.29, 0.717) is 23.0 Å². The predicted molar refractivity (Wildman–Crippen MR) is 79.1 cm³/mol.